The van der Waals surface area contributed by atoms with Crippen LogP contribution in [0.3, 0.4) is 0 Å². The quantitative estimate of drug-likeness (QED) is 0.476. The van der Waals surface area contributed by atoms with Crippen molar-refractivity contribution in [1.29, 1.82) is 0 Å². The molecule has 1 heterocycles. The van der Waals surface area contributed by atoms with Crippen molar-refractivity contribution in [1.82, 2.24) is 5.32 Å². The fraction of sp³-hybridized carbons (Fsp3) is 0.182. The highest BCUT2D eigenvalue weighted by atomic mass is 32.2. The Hall–Kier alpha value is -3.59. The van der Waals surface area contributed by atoms with E-state index in [1.165, 1.54) is 11.8 Å². The molecule has 0 bridgehead atoms. The molecule has 9 heteroatoms. The summed E-state index contributed by atoms with van der Waals surface area (Å²) in [7, 11) is 0. The summed E-state index contributed by atoms with van der Waals surface area (Å²) in [4.78, 5) is 39.6. The molecule has 1 saturated heterocycles. The minimum atomic E-state index is -0.947. The highest BCUT2D eigenvalue weighted by Crippen LogP contribution is 2.30. The van der Waals surface area contributed by atoms with Crippen molar-refractivity contribution < 1.29 is 29.0 Å². The summed E-state index contributed by atoms with van der Waals surface area (Å²) in [5.41, 5.74) is 1.66. The molecule has 0 aliphatic carbocycles. The molecule has 0 aromatic heterocycles. The van der Waals surface area contributed by atoms with Crippen molar-refractivity contribution >= 4 is 46.5 Å². The van der Waals surface area contributed by atoms with E-state index < -0.39 is 11.9 Å². The molecule has 3 rings (SSSR count). The molecule has 1 aliphatic heterocycles. The third-order valence-electron chi connectivity index (χ3n) is 4.04. The molecule has 2 aromatic carbocycles. The van der Waals surface area contributed by atoms with Crippen molar-refractivity contribution in [3.8, 4) is 5.75 Å². The molecule has 160 valence electrons. The van der Waals surface area contributed by atoms with Gasteiger partial charge >= 0.3 is 11.9 Å². The highest BCUT2D eigenvalue weighted by molar-refractivity contribution is 8.18. The van der Waals surface area contributed by atoms with Crippen LogP contribution in [0.2, 0.25) is 0 Å². The molecule has 0 radical (unpaired) electrons. The number of nitrogens with zero attached hydrogens (tertiary/aromatic N) is 1. The monoisotopic (exact) mass is 440 g/mol. The highest BCUT2D eigenvalue weighted by Gasteiger charge is 2.24. The zero-order chi connectivity index (χ0) is 22.2. The van der Waals surface area contributed by atoms with Gasteiger partial charge in [0.1, 0.15) is 5.75 Å². The SMILES string of the molecule is CCOC(=O)c1ccc(N=C2NC(=O)/C(=C\c3ccccc3OCCC(=O)O)S2)cc1. The fourth-order valence-electron chi connectivity index (χ4n) is 2.61. The van der Waals surface area contributed by atoms with Crippen LogP contribution < -0.4 is 10.1 Å². The average molecular weight is 440 g/mol. The lowest BCUT2D eigenvalue weighted by Crippen LogP contribution is -2.19. The Labute approximate surface area is 183 Å². The molecule has 1 fully saturated rings. The first-order valence-electron chi connectivity index (χ1n) is 9.46. The van der Waals surface area contributed by atoms with Crippen molar-refractivity contribution in [2.75, 3.05) is 13.2 Å². The van der Waals surface area contributed by atoms with Crippen LogP contribution in [0.4, 0.5) is 5.69 Å². The van der Waals surface area contributed by atoms with Crippen molar-refractivity contribution in [2.45, 2.75) is 13.3 Å². The minimum absolute atomic E-state index is 0.0311. The summed E-state index contributed by atoms with van der Waals surface area (Å²) in [6, 6.07) is 13.6. The van der Waals surface area contributed by atoms with Gasteiger partial charge in [0, 0.05) is 5.56 Å². The second-order valence-electron chi connectivity index (χ2n) is 6.28. The van der Waals surface area contributed by atoms with Gasteiger partial charge in [0.15, 0.2) is 5.17 Å². The van der Waals surface area contributed by atoms with Crippen LogP contribution in [0.5, 0.6) is 5.75 Å². The number of thioether (sulfide) groups is 1. The Kier molecular flexibility index (Phi) is 7.45. The Morgan fingerprint density at radius 3 is 2.61 bits per heavy atom. The number of aliphatic imine (C=N–C) groups is 1. The predicted octanol–water partition coefficient (Wildman–Crippen LogP) is 3.61. The molecule has 0 saturated carbocycles. The number of rotatable bonds is 8. The number of carbonyl (C=O) groups is 3. The van der Waals surface area contributed by atoms with Crippen LogP contribution in [0.25, 0.3) is 6.08 Å². The van der Waals surface area contributed by atoms with Crippen LogP contribution >= 0.6 is 11.8 Å². The number of esters is 1. The minimum Gasteiger partial charge on any atom is -0.492 e. The smallest absolute Gasteiger partial charge is 0.338 e. The van der Waals surface area contributed by atoms with Gasteiger partial charge in [-0.25, -0.2) is 9.79 Å². The van der Waals surface area contributed by atoms with Gasteiger partial charge in [-0.05, 0) is 55.1 Å². The largest absolute Gasteiger partial charge is 0.492 e. The fourth-order valence-corrected chi connectivity index (χ4v) is 3.44. The van der Waals surface area contributed by atoms with Crippen LogP contribution in [-0.4, -0.2) is 41.3 Å². The Balaban J connectivity index is 1.72. The van der Waals surface area contributed by atoms with Crippen LogP contribution in [0.15, 0.2) is 58.4 Å². The summed E-state index contributed by atoms with van der Waals surface area (Å²) in [6.07, 6.45) is 1.55. The van der Waals surface area contributed by atoms with Gasteiger partial charge in [0.05, 0.1) is 35.8 Å². The summed E-state index contributed by atoms with van der Waals surface area (Å²) in [5, 5.41) is 11.9. The normalized spacial score (nSPS) is 15.7. The maximum atomic E-state index is 12.3. The number of benzene rings is 2. The lowest BCUT2D eigenvalue weighted by atomic mass is 10.2. The average Bonchev–Trinajstić information content (AvgIpc) is 3.08. The number of amidine groups is 1. The number of carboxylic acids is 1. The maximum absolute atomic E-state index is 12.3. The van der Waals surface area contributed by atoms with Gasteiger partial charge in [-0.15, -0.1) is 0 Å². The number of para-hydroxylation sites is 1. The molecule has 0 atom stereocenters. The number of carboxylic acid groups (broad SMARTS) is 1. The molecular weight excluding hydrogens is 420 g/mol. The van der Waals surface area contributed by atoms with Crippen molar-refractivity contribution in [3.05, 3.63) is 64.6 Å². The molecule has 31 heavy (non-hydrogen) atoms. The predicted molar refractivity (Wildman–Crippen MR) is 117 cm³/mol. The van der Waals surface area contributed by atoms with Crippen LogP contribution in [-0.2, 0) is 14.3 Å². The summed E-state index contributed by atoms with van der Waals surface area (Å²) >= 11 is 1.17. The van der Waals surface area contributed by atoms with E-state index in [4.69, 9.17) is 14.6 Å². The van der Waals surface area contributed by atoms with E-state index in [2.05, 4.69) is 10.3 Å². The Morgan fingerprint density at radius 1 is 1.16 bits per heavy atom. The van der Waals surface area contributed by atoms with Gasteiger partial charge in [0.25, 0.3) is 5.91 Å². The van der Waals surface area contributed by atoms with Crippen LogP contribution in [0.1, 0.15) is 29.3 Å². The van der Waals surface area contributed by atoms with Gasteiger partial charge in [-0.3, -0.25) is 9.59 Å². The van der Waals surface area contributed by atoms with Gasteiger partial charge in [-0.2, -0.15) is 0 Å². The van der Waals surface area contributed by atoms with E-state index in [-0.39, 0.29) is 18.9 Å². The van der Waals surface area contributed by atoms with Gasteiger partial charge in [-0.1, -0.05) is 18.2 Å². The number of carbonyl (C=O) groups excluding carboxylic acids is 2. The van der Waals surface area contributed by atoms with E-state index in [0.29, 0.717) is 39.2 Å². The van der Waals surface area contributed by atoms with E-state index in [1.807, 2.05) is 0 Å². The van der Waals surface area contributed by atoms with Gasteiger partial charge < -0.3 is 19.9 Å². The first-order valence-corrected chi connectivity index (χ1v) is 10.3. The summed E-state index contributed by atoms with van der Waals surface area (Å²) in [6.45, 7) is 2.07. The lowest BCUT2D eigenvalue weighted by molar-refractivity contribution is -0.137. The first kappa shape index (κ1) is 22.1. The van der Waals surface area contributed by atoms with Crippen LogP contribution in [0, 0.1) is 0 Å². The first-order chi connectivity index (χ1) is 15.0. The standard InChI is InChI=1S/C22H20N2O6S/c1-2-29-21(28)14-7-9-16(10-8-14)23-22-24-20(27)18(31-22)13-15-5-3-4-6-17(15)30-12-11-19(25)26/h3-10,13H,2,11-12H2,1H3,(H,25,26)(H,23,24,27)/b18-13+. The molecule has 0 spiro atoms. The lowest BCUT2D eigenvalue weighted by Gasteiger charge is -2.08. The van der Waals surface area contributed by atoms with E-state index in [1.54, 1.807) is 61.5 Å². The third-order valence-corrected chi connectivity index (χ3v) is 4.95. The van der Waals surface area contributed by atoms with Crippen molar-refractivity contribution in [3.63, 3.8) is 0 Å². The second-order valence-corrected chi connectivity index (χ2v) is 7.31. The number of nitrogens with one attached hydrogen (secondary N) is 1. The number of hydrogen-bond donors (Lipinski definition) is 2. The molecule has 2 N–H and O–H groups in total. The van der Waals surface area contributed by atoms with Crippen molar-refractivity contribution in [2.24, 2.45) is 4.99 Å². The summed E-state index contributed by atoms with van der Waals surface area (Å²) in [5.74, 6) is -1.16. The van der Waals surface area contributed by atoms with E-state index in [0.717, 1.165) is 0 Å². The zero-order valence-electron chi connectivity index (χ0n) is 16.7. The Morgan fingerprint density at radius 2 is 1.90 bits per heavy atom. The zero-order valence-corrected chi connectivity index (χ0v) is 17.5. The molecule has 8 nitrogen and oxygen atoms in total. The Bertz CT molecular complexity index is 1050. The molecule has 2 aromatic rings. The molecule has 1 amide bonds. The summed E-state index contributed by atoms with van der Waals surface area (Å²) < 4.78 is 10.5. The molecular formula is C22H20N2O6S. The second kappa shape index (κ2) is 10.4. The number of ether oxygens (including phenoxy) is 2. The topological polar surface area (TPSA) is 114 Å². The van der Waals surface area contributed by atoms with Gasteiger partial charge in [0.2, 0.25) is 0 Å². The molecule has 1 aliphatic rings. The maximum Gasteiger partial charge on any atom is 0.338 e. The third kappa shape index (κ3) is 6.19. The molecule has 0 unspecified atom stereocenters. The van der Waals surface area contributed by atoms with E-state index >= 15 is 0 Å². The number of hydrogen-bond acceptors (Lipinski definition) is 7. The number of aliphatic carboxylic acids is 1. The number of amides is 1. The van der Waals surface area contributed by atoms with E-state index in [9.17, 15) is 14.4 Å².